The normalized spacial score (nSPS) is 12.1. The van der Waals surface area contributed by atoms with Crippen molar-refractivity contribution in [3.8, 4) is 5.75 Å². The number of nitrogens with one attached hydrogen (secondary N) is 1. The Morgan fingerprint density at radius 1 is 0.811 bits per heavy atom. The van der Waals surface area contributed by atoms with Crippen LogP contribution in [0.2, 0.25) is 10.0 Å². The van der Waals surface area contributed by atoms with E-state index in [1.165, 1.54) is 61.7 Å². The number of ether oxygens (including phenoxy) is 3. The van der Waals surface area contributed by atoms with Crippen molar-refractivity contribution in [1.29, 1.82) is 0 Å². The maximum atomic E-state index is 13.3. The second-order valence-corrected chi connectivity index (χ2v) is 9.13. The van der Waals surface area contributed by atoms with Gasteiger partial charge in [-0.05, 0) is 66.7 Å². The molecule has 0 fully saturated rings. The van der Waals surface area contributed by atoms with Crippen molar-refractivity contribution in [2.75, 3.05) is 12.4 Å². The topological polar surface area (TPSA) is 128 Å². The molecule has 2 N–H and O–H groups in total. The number of aliphatic carboxylic acids is 1. The first kappa shape index (κ1) is 28.0. The van der Waals surface area contributed by atoms with Gasteiger partial charge in [0.2, 0.25) is 12.2 Å². The zero-order valence-electron chi connectivity index (χ0n) is 18.9. The maximum Gasteiger partial charge on any atom is 0.349 e. The van der Waals surface area contributed by atoms with Crippen LogP contribution < -0.4 is 10.1 Å². The third kappa shape index (κ3) is 7.45. The average Bonchev–Trinajstić information content (AvgIpc) is 2.86. The fourth-order valence-corrected chi connectivity index (χ4v) is 3.63. The van der Waals surface area contributed by atoms with E-state index in [0.29, 0.717) is 14.5 Å². The van der Waals surface area contributed by atoms with Gasteiger partial charge in [-0.2, -0.15) is 0 Å². The number of halogens is 3. The summed E-state index contributed by atoms with van der Waals surface area (Å²) in [4.78, 5) is 50.9. The highest BCUT2D eigenvalue weighted by atomic mass is 79.9. The first-order valence-electron chi connectivity index (χ1n) is 10.4. The molecule has 0 radical (unpaired) electrons. The molecule has 0 aliphatic carbocycles. The number of rotatable bonds is 9. The minimum absolute atomic E-state index is 0.0181. The predicted molar refractivity (Wildman–Crippen MR) is 138 cm³/mol. The molecule has 9 nitrogen and oxygen atoms in total. The molecule has 0 heterocycles. The van der Waals surface area contributed by atoms with Gasteiger partial charge in [0.05, 0.1) is 23.9 Å². The van der Waals surface area contributed by atoms with Crippen molar-refractivity contribution in [1.82, 2.24) is 0 Å². The van der Waals surface area contributed by atoms with Gasteiger partial charge in [-0.15, -0.1) is 0 Å². The highest BCUT2D eigenvalue weighted by Gasteiger charge is 2.41. The fraction of sp³-hybridized carbons (Fsp3) is 0.120. The summed E-state index contributed by atoms with van der Waals surface area (Å²) in [5.41, 5.74) is 0.0884. The van der Waals surface area contributed by atoms with Crippen molar-refractivity contribution in [2.24, 2.45) is 0 Å². The zero-order valence-corrected chi connectivity index (χ0v) is 22.0. The first-order valence-corrected chi connectivity index (χ1v) is 11.9. The number of carbonyl (C=O) groups excluding carboxylic acids is 3. The molecular weight excluding hydrogens is 593 g/mol. The third-order valence-electron chi connectivity index (χ3n) is 4.82. The molecule has 1 amide bonds. The van der Waals surface area contributed by atoms with E-state index < -0.39 is 36.0 Å². The molecule has 3 rings (SSSR count). The highest BCUT2D eigenvalue weighted by molar-refractivity contribution is 9.10. The molecular formula is C25H18BrCl2NO8. The highest BCUT2D eigenvalue weighted by Crippen LogP contribution is 2.28. The van der Waals surface area contributed by atoms with E-state index in [-0.39, 0.29) is 22.6 Å². The predicted octanol–water partition coefficient (Wildman–Crippen LogP) is 5.24. The Morgan fingerprint density at radius 2 is 1.30 bits per heavy atom. The van der Waals surface area contributed by atoms with E-state index in [4.69, 9.17) is 37.4 Å². The van der Waals surface area contributed by atoms with Gasteiger partial charge < -0.3 is 24.6 Å². The van der Waals surface area contributed by atoms with Crippen LogP contribution in [0.4, 0.5) is 5.69 Å². The lowest BCUT2D eigenvalue weighted by Gasteiger charge is -2.24. The summed E-state index contributed by atoms with van der Waals surface area (Å²) in [6, 6.07) is 15.6. The lowest BCUT2D eigenvalue weighted by Crippen LogP contribution is -2.48. The van der Waals surface area contributed by atoms with Gasteiger partial charge in [0.1, 0.15) is 5.75 Å². The van der Waals surface area contributed by atoms with Crippen LogP contribution in [0.3, 0.4) is 0 Å². The van der Waals surface area contributed by atoms with Gasteiger partial charge in [0.25, 0.3) is 5.91 Å². The fourth-order valence-electron chi connectivity index (χ4n) is 3.01. The van der Waals surface area contributed by atoms with E-state index in [0.717, 1.165) is 0 Å². The molecule has 0 spiro atoms. The van der Waals surface area contributed by atoms with E-state index in [1.807, 2.05) is 0 Å². The molecule has 37 heavy (non-hydrogen) atoms. The maximum absolute atomic E-state index is 13.3. The number of hydrogen-bond donors (Lipinski definition) is 2. The minimum atomic E-state index is -2.21. The lowest BCUT2D eigenvalue weighted by atomic mass is 10.1. The van der Waals surface area contributed by atoms with E-state index in [9.17, 15) is 24.3 Å². The molecule has 0 aromatic heterocycles. The molecule has 0 unspecified atom stereocenters. The van der Waals surface area contributed by atoms with Crippen molar-refractivity contribution < 1.29 is 38.5 Å². The van der Waals surface area contributed by atoms with Gasteiger partial charge >= 0.3 is 17.9 Å². The smallest absolute Gasteiger partial charge is 0.349 e. The Labute approximate surface area is 229 Å². The Bertz CT molecular complexity index is 1320. The van der Waals surface area contributed by atoms with Gasteiger partial charge in [-0.1, -0.05) is 39.1 Å². The summed E-state index contributed by atoms with van der Waals surface area (Å²) in [7, 11) is 1.37. The number of amides is 1. The van der Waals surface area contributed by atoms with E-state index in [2.05, 4.69) is 21.2 Å². The molecule has 3 aromatic rings. The number of carboxylic acids is 1. The van der Waals surface area contributed by atoms with Crippen LogP contribution >= 0.6 is 39.1 Å². The summed E-state index contributed by atoms with van der Waals surface area (Å²) in [5, 5.41) is 13.0. The Hall–Kier alpha value is -3.60. The van der Waals surface area contributed by atoms with Crippen molar-refractivity contribution in [3.05, 3.63) is 92.4 Å². The Balaban J connectivity index is 1.95. The Morgan fingerprint density at radius 3 is 1.76 bits per heavy atom. The number of carboxylic acid groups (broad SMARTS) is 1. The minimum Gasteiger partial charge on any atom is -0.495 e. The monoisotopic (exact) mass is 609 g/mol. The van der Waals surface area contributed by atoms with Gasteiger partial charge in [0, 0.05) is 14.5 Å². The molecule has 0 aliphatic rings. The lowest BCUT2D eigenvalue weighted by molar-refractivity contribution is -0.157. The van der Waals surface area contributed by atoms with Crippen LogP contribution in [-0.2, 0) is 19.1 Å². The van der Waals surface area contributed by atoms with Crippen molar-refractivity contribution >= 4 is 68.6 Å². The second-order valence-electron chi connectivity index (χ2n) is 7.34. The molecule has 0 saturated carbocycles. The summed E-state index contributed by atoms with van der Waals surface area (Å²) < 4.78 is 16.2. The van der Waals surface area contributed by atoms with Crippen LogP contribution in [0.5, 0.6) is 5.75 Å². The number of esters is 2. The van der Waals surface area contributed by atoms with E-state index in [1.54, 1.807) is 12.1 Å². The van der Waals surface area contributed by atoms with Gasteiger partial charge in [-0.25, -0.2) is 14.4 Å². The quantitative estimate of drug-likeness (QED) is 0.315. The molecule has 192 valence electrons. The van der Waals surface area contributed by atoms with Crippen LogP contribution in [0.1, 0.15) is 20.7 Å². The molecule has 12 heteroatoms. The number of hydrogen-bond acceptors (Lipinski definition) is 7. The van der Waals surface area contributed by atoms with Gasteiger partial charge in [0.15, 0.2) is 0 Å². The van der Waals surface area contributed by atoms with Crippen LogP contribution in [0.15, 0.2) is 71.2 Å². The largest absolute Gasteiger partial charge is 0.495 e. The van der Waals surface area contributed by atoms with Crippen LogP contribution in [0.25, 0.3) is 0 Å². The molecule has 0 saturated heterocycles. The summed E-state index contributed by atoms with van der Waals surface area (Å²) in [5.74, 6) is -4.71. The van der Waals surface area contributed by atoms with Gasteiger partial charge in [-0.3, -0.25) is 4.79 Å². The van der Waals surface area contributed by atoms with Crippen molar-refractivity contribution in [2.45, 2.75) is 12.2 Å². The molecule has 2 atom stereocenters. The summed E-state index contributed by atoms with van der Waals surface area (Å²) in [6.07, 6.45) is -4.31. The Kier molecular flexibility index (Phi) is 9.51. The van der Waals surface area contributed by atoms with Crippen LogP contribution in [0, 0.1) is 0 Å². The first-order chi connectivity index (χ1) is 17.6. The van der Waals surface area contributed by atoms with Crippen LogP contribution in [-0.4, -0.2) is 48.2 Å². The van der Waals surface area contributed by atoms with E-state index >= 15 is 0 Å². The molecule has 0 aliphatic heterocycles. The molecule has 3 aromatic carbocycles. The standard InChI is InChI=1S/C25H18BrCl2NO8/c1-35-19-11-6-15(26)12-18(19)29-22(30)20(36-24(33)13-2-7-16(27)8-3-13)21(23(31)32)37-25(34)14-4-9-17(28)10-5-14/h2-12,20-21H,1H3,(H,29,30)(H,31,32)/t20-,21+/m0/s1. The second kappa shape index (κ2) is 12.6. The SMILES string of the molecule is COc1ccc(Br)cc1NC(=O)[C@@H](OC(=O)c1ccc(Cl)cc1)[C@@H](OC(=O)c1ccc(Cl)cc1)C(=O)O. The molecule has 0 bridgehead atoms. The summed E-state index contributed by atoms with van der Waals surface area (Å²) in [6.45, 7) is 0. The number of carbonyl (C=O) groups is 4. The third-order valence-corrected chi connectivity index (χ3v) is 5.82. The number of benzene rings is 3. The number of anilines is 1. The summed E-state index contributed by atoms with van der Waals surface area (Å²) >= 11 is 14.9. The zero-order chi connectivity index (χ0) is 27.1. The number of methoxy groups -OCH3 is 1. The van der Waals surface area contributed by atoms with Crippen molar-refractivity contribution in [3.63, 3.8) is 0 Å². The average molecular weight is 611 g/mol.